The summed E-state index contributed by atoms with van der Waals surface area (Å²) in [6.45, 7) is 1.90. The molecule has 3 nitrogen and oxygen atoms in total. The van der Waals surface area contributed by atoms with Crippen LogP contribution in [0, 0.1) is 12.7 Å². The van der Waals surface area contributed by atoms with Crippen LogP contribution in [0.15, 0.2) is 18.2 Å². The Hall–Kier alpha value is -1.75. The molecule has 0 amide bonds. The summed E-state index contributed by atoms with van der Waals surface area (Å²) >= 11 is 1.48. The van der Waals surface area contributed by atoms with E-state index in [1.807, 2.05) is 6.92 Å². The highest BCUT2D eigenvalue weighted by Crippen LogP contribution is 2.40. The van der Waals surface area contributed by atoms with Gasteiger partial charge in [-0.25, -0.2) is 9.37 Å². The minimum absolute atomic E-state index is 0.300. The van der Waals surface area contributed by atoms with E-state index in [0.29, 0.717) is 17.1 Å². The van der Waals surface area contributed by atoms with Gasteiger partial charge in [0.05, 0.1) is 5.69 Å². The highest BCUT2D eigenvalue weighted by Gasteiger charge is 2.32. The van der Waals surface area contributed by atoms with Gasteiger partial charge in [0.15, 0.2) is 0 Å². The molecule has 19 heavy (non-hydrogen) atoms. The molecule has 1 unspecified atom stereocenters. The van der Waals surface area contributed by atoms with Crippen LogP contribution in [0.1, 0.15) is 28.5 Å². The van der Waals surface area contributed by atoms with Crippen molar-refractivity contribution in [1.29, 1.82) is 0 Å². The fraction of sp³-hybridized carbons (Fsp3) is 0.286. The molecule has 1 aromatic carbocycles. The van der Waals surface area contributed by atoms with Crippen molar-refractivity contribution >= 4 is 17.3 Å². The first-order valence-corrected chi connectivity index (χ1v) is 6.87. The van der Waals surface area contributed by atoms with Crippen LogP contribution in [0.3, 0.4) is 0 Å². The summed E-state index contributed by atoms with van der Waals surface area (Å²) in [7, 11) is 0. The first-order valence-electron chi connectivity index (χ1n) is 6.05. The molecule has 98 valence electrons. The van der Waals surface area contributed by atoms with Crippen molar-refractivity contribution in [3.8, 4) is 10.6 Å². The normalized spacial score (nSPS) is 17.5. The van der Waals surface area contributed by atoms with Crippen LogP contribution in [0.5, 0.6) is 0 Å². The molecule has 0 fully saturated rings. The SMILES string of the molecule is Cc1ccc(F)cc1-c1nc2c(s1)CCC2C(=O)O. The number of halogens is 1. The quantitative estimate of drug-likeness (QED) is 0.915. The predicted molar refractivity (Wildman–Crippen MR) is 70.9 cm³/mol. The predicted octanol–water partition coefficient (Wildman–Crippen LogP) is 3.37. The van der Waals surface area contributed by atoms with E-state index in [1.54, 1.807) is 6.07 Å². The zero-order valence-corrected chi connectivity index (χ0v) is 11.1. The van der Waals surface area contributed by atoms with E-state index < -0.39 is 11.9 Å². The Labute approximate surface area is 113 Å². The number of rotatable bonds is 2. The highest BCUT2D eigenvalue weighted by molar-refractivity contribution is 7.15. The number of hydrogen-bond acceptors (Lipinski definition) is 3. The monoisotopic (exact) mass is 277 g/mol. The molecule has 0 saturated heterocycles. The van der Waals surface area contributed by atoms with Crippen LogP contribution in [-0.2, 0) is 11.2 Å². The van der Waals surface area contributed by atoms with Crippen LogP contribution < -0.4 is 0 Å². The molecule has 0 spiro atoms. The maximum absolute atomic E-state index is 13.3. The molecule has 1 N–H and O–H groups in total. The van der Waals surface area contributed by atoms with Gasteiger partial charge in [0.25, 0.3) is 0 Å². The van der Waals surface area contributed by atoms with Gasteiger partial charge in [-0.2, -0.15) is 0 Å². The van der Waals surface area contributed by atoms with Gasteiger partial charge in [0.1, 0.15) is 16.7 Å². The summed E-state index contributed by atoms with van der Waals surface area (Å²) in [4.78, 5) is 16.6. The Morgan fingerprint density at radius 1 is 1.53 bits per heavy atom. The highest BCUT2D eigenvalue weighted by atomic mass is 32.1. The molecule has 1 atom stereocenters. The number of benzene rings is 1. The maximum Gasteiger partial charge on any atom is 0.312 e. The maximum atomic E-state index is 13.3. The minimum atomic E-state index is -0.827. The third-order valence-electron chi connectivity index (χ3n) is 3.45. The number of carboxylic acids is 1. The molecule has 2 aromatic rings. The lowest BCUT2D eigenvalue weighted by atomic mass is 10.1. The Morgan fingerprint density at radius 2 is 2.32 bits per heavy atom. The van der Waals surface area contributed by atoms with Crippen LogP contribution in [-0.4, -0.2) is 16.1 Å². The standard InChI is InChI=1S/C14H12FNO2S/c1-7-2-3-8(15)6-10(7)13-16-12-9(14(17)18)4-5-11(12)19-13/h2-3,6,9H,4-5H2,1H3,(H,17,18). The topological polar surface area (TPSA) is 50.2 Å². The molecular formula is C14H12FNO2S. The van der Waals surface area contributed by atoms with Crippen molar-refractivity contribution in [3.05, 3.63) is 40.2 Å². The lowest BCUT2D eigenvalue weighted by molar-refractivity contribution is -0.138. The van der Waals surface area contributed by atoms with Crippen molar-refractivity contribution in [3.63, 3.8) is 0 Å². The zero-order valence-electron chi connectivity index (χ0n) is 10.3. The molecule has 0 radical (unpaired) electrons. The van der Waals surface area contributed by atoms with E-state index in [4.69, 9.17) is 5.11 Å². The molecule has 0 bridgehead atoms. The van der Waals surface area contributed by atoms with Gasteiger partial charge in [-0.15, -0.1) is 11.3 Å². The number of thiazole rings is 1. The molecule has 0 aliphatic heterocycles. The van der Waals surface area contributed by atoms with E-state index in [2.05, 4.69) is 4.98 Å². The molecule has 3 rings (SSSR count). The fourth-order valence-corrected chi connectivity index (χ4v) is 3.63. The van der Waals surface area contributed by atoms with E-state index in [0.717, 1.165) is 22.4 Å². The minimum Gasteiger partial charge on any atom is -0.481 e. The first-order chi connectivity index (χ1) is 9.06. The molecule has 0 saturated carbocycles. The molecule has 1 aliphatic carbocycles. The third kappa shape index (κ3) is 2.04. The zero-order chi connectivity index (χ0) is 13.6. The van der Waals surface area contributed by atoms with Crippen molar-refractivity contribution in [2.45, 2.75) is 25.7 Å². The van der Waals surface area contributed by atoms with Crippen LogP contribution in [0.4, 0.5) is 4.39 Å². The number of aryl methyl sites for hydroxylation is 2. The summed E-state index contributed by atoms with van der Waals surface area (Å²) < 4.78 is 13.3. The molecule has 1 aromatic heterocycles. The largest absolute Gasteiger partial charge is 0.481 e. The van der Waals surface area contributed by atoms with E-state index in [9.17, 15) is 9.18 Å². The van der Waals surface area contributed by atoms with Crippen molar-refractivity contribution in [2.75, 3.05) is 0 Å². The van der Waals surface area contributed by atoms with Gasteiger partial charge in [0.2, 0.25) is 0 Å². The number of fused-ring (bicyclic) bond motifs is 1. The summed E-state index contributed by atoms with van der Waals surface area (Å²) in [6.07, 6.45) is 1.37. The number of carboxylic acid groups (broad SMARTS) is 1. The number of nitrogens with zero attached hydrogens (tertiary/aromatic N) is 1. The van der Waals surface area contributed by atoms with E-state index in [-0.39, 0.29) is 5.82 Å². The second-order valence-corrected chi connectivity index (χ2v) is 5.80. The summed E-state index contributed by atoms with van der Waals surface area (Å²) in [5.41, 5.74) is 2.36. The number of carbonyl (C=O) groups is 1. The van der Waals surface area contributed by atoms with Crippen LogP contribution in [0.25, 0.3) is 10.6 Å². The van der Waals surface area contributed by atoms with Crippen molar-refractivity contribution < 1.29 is 14.3 Å². The molecule has 5 heteroatoms. The van der Waals surface area contributed by atoms with Gasteiger partial charge < -0.3 is 5.11 Å². The van der Waals surface area contributed by atoms with Gasteiger partial charge in [0, 0.05) is 10.4 Å². The van der Waals surface area contributed by atoms with Crippen molar-refractivity contribution in [1.82, 2.24) is 4.98 Å². The first kappa shape index (κ1) is 12.3. The Morgan fingerprint density at radius 3 is 3.05 bits per heavy atom. The van der Waals surface area contributed by atoms with Gasteiger partial charge in [-0.1, -0.05) is 6.07 Å². The molecule has 1 aliphatic rings. The lowest BCUT2D eigenvalue weighted by Gasteiger charge is -2.04. The third-order valence-corrected chi connectivity index (χ3v) is 4.61. The van der Waals surface area contributed by atoms with Gasteiger partial charge >= 0.3 is 5.97 Å². The number of hydrogen-bond donors (Lipinski definition) is 1. The Kier molecular flexibility index (Phi) is 2.86. The van der Waals surface area contributed by atoms with Gasteiger partial charge in [-0.3, -0.25) is 4.79 Å². The average Bonchev–Trinajstić information content (AvgIpc) is 2.91. The van der Waals surface area contributed by atoms with Crippen molar-refractivity contribution in [2.24, 2.45) is 0 Å². The van der Waals surface area contributed by atoms with Crippen LogP contribution >= 0.6 is 11.3 Å². The van der Waals surface area contributed by atoms with Gasteiger partial charge in [-0.05, 0) is 37.5 Å². The smallest absolute Gasteiger partial charge is 0.312 e. The Bertz CT molecular complexity index is 665. The molecule has 1 heterocycles. The summed E-state index contributed by atoms with van der Waals surface area (Å²) in [5, 5.41) is 9.86. The fourth-order valence-electron chi connectivity index (χ4n) is 2.41. The van der Waals surface area contributed by atoms with E-state index >= 15 is 0 Å². The van der Waals surface area contributed by atoms with E-state index in [1.165, 1.54) is 23.5 Å². The second-order valence-electron chi connectivity index (χ2n) is 4.72. The number of aromatic nitrogens is 1. The second kappa shape index (κ2) is 4.42. The average molecular weight is 277 g/mol. The van der Waals surface area contributed by atoms with Crippen LogP contribution in [0.2, 0.25) is 0 Å². The summed E-state index contributed by atoms with van der Waals surface area (Å²) in [5.74, 6) is -1.63. The summed E-state index contributed by atoms with van der Waals surface area (Å²) in [6, 6.07) is 4.59. The lowest BCUT2D eigenvalue weighted by Crippen LogP contribution is -2.08. The number of aliphatic carboxylic acids is 1. The Balaban J connectivity index is 2.07. The molecular weight excluding hydrogens is 265 g/mol.